The molecule has 1 heterocycles. The maximum atomic E-state index is 9.34. The number of aliphatic hydroxyl groups is 1. The first-order valence-electron chi connectivity index (χ1n) is 6.69. The van der Waals surface area contributed by atoms with Gasteiger partial charge in [0.25, 0.3) is 0 Å². The van der Waals surface area contributed by atoms with E-state index in [1.807, 2.05) is 7.05 Å². The summed E-state index contributed by atoms with van der Waals surface area (Å²) < 4.78 is 0. The SMILES string of the molecule is CNC(C)(CO)CCN1CCC(N(C)C)CC1. The van der Waals surface area contributed by atoms with E-state index in [0.717, 1.165) is 19.0 Å². The molecular formula is C13H29N3O. The van der Waals surface area contributed by atoms with Crippen LogP contribution in [0.25, 0.3) is 0 Å². The van der Waals surface area contributed by atoms with E-state index in [1.54, 1.807) is 0 Å². The van der Waals surface area contributed by atoms with Crippen LogP contribution in [0.3, 0.4) is 0 Å². The Morgan fingerprint density at radius 2 is 1.94 bits per heavy atom. The van der Waals surface area contributed by atoms with Crippen molar-refractivity contribution in [2.75, 3.05) is 47.4 Å². The second-order valence-electron chi connectivity index (χ2n) is 5.76. The Balaban J connectivity index is 2.27. The van der Waals surface area contributed by atoms with E-state index in [9.17, 15) is 5.11 Å². The molecule has 4 nitrogen and oxygen atoms in total. The van der Waals surface area contributed by atoms with Crippen LogP contribution in [-0.2, 0) is 0 Å². The van der Waals surface area contributed by atoms with Gasteiger partial charge in [-0.3, -0.25) is 0 Å². The molecule has 102 valence electrons. The molecule has 0 amide bonds. The average Bonchev–Trinajstić information content (AvgIpc) is 2.36. The smallest absolute Gasteiger partial charge is 0.0610 e. The van der Waals surface area contributed by atoms with Crippen LogP contribution >= 0.6 is 0 Å². The van der Waals surface area contributed by atoms with E-state index in [-0.39, 0.29) is 12.1 Å². The van der Waals surface area contributed by atoms with Gasteiger partial charge in [-0.1, -0.05) is 0 Å². The highest BCUT2D eigenvalue weighted by molar-refractivity contribution is 4.84. The number of nitrogens with zero attached hydrogens (tertiary/aromatic N) is 2. The maximum Gasteiger partial charge on any atom is 0.0610 e. The largest absolute Gasteiger partial charge is 0.394 e. The van der Waals surface area contributed by atoms with Crippen molar-refractivity contribution < 1.29 is 5.11 Å². The predicted octanol–water partition coefficient (Wildman–Crippen LogP) is 0.373. The predicted molar refractivity (Wildman–Crippen MR) is 72.3 cm³/mol. The van der Waals surface area contributed by atoms with Crippen molar-refractivity contribution in [3.63, 3.8) is 0 Å². The number of likely N-dealkylation sites (N-methyl/N-ethyl adjacent to an activating group) is 1. The lowest BCUT2D eigenvalue weighted by molar-refractivity contribution is 0.117. The van der Waals surface area contributed by atoms with Gasteiger partial charge >= 0.3 is 0 Å². The highest BCUT2D eigenvalue weighted by atomic mass is 16.3. The van der Waals surface area contributed by atoms with Gasteiger partial charge in [-0.2, -0.15) is 0 Å². The summed E-state index contributed by atoms with van der Waals surface area (Å²) in [6.45, 7) is 5.75. The fourth-order valence-corrected chi connectivity index (χ4v) is 2.35. The first kappa shape index (κ1) is 14.9. The summed E-state index contributed by atoms with van der Waals surface area (Å²) >= 11 is 0. The van der Waals surface area contributed by atoms with Gasteiger partial charge in [0.15, 0.2) is 0 Å². The fraction of sp³-hybridized carbons (Fsp3) is 1.00. The summed E-state index contributed by atoms with van der Waals surface area (Å²) in [5, 5.41) is 12.6. The van der Waals surface area contributed by atoms with Crippen molar-refractivity contribution in [1.29, 1.82) is 0 Å². The van der Waals surface area contributed by atoms with Gasteiger partial charge in [-0.25, -0.2) is 0 Å². The molecule has 0 aliphatic carbocycles. The topological polar surface area (TPSA) is 38.7 Å². The number of hydrogen-bond donors (Lipinski definition) is 2. The lowest BCUT2D eigenvalue weighted by atomic mass is 9.97. The maximum absolute atomic E-state index is 9.34. The van der Waals surface area contributed by atoms with Crippen LogP contribution in [0.5, 0.6) is 0 Å². The third-order valence-corrected chi connectivity index (χ3v) is 4.22. The molecule has 1 fully saturated rings. The van der Waals surface area contributed by atoms with Crippen molar-refractivity contribution in [3.05, 3.63) is 0 Å². The average molecular weight is 243 g/mol. The molecule has 1 rings (SSSR count). The van der Waals surface area contributed by atoms with E-state index in [4.69, 9.17) is 0 Å². The molecule has 0 spiro atoms. The molecule has 1 unspecified atom stereocenters. The van der Waals surface area contributed by atoms with E-state index in [0.29, 0.717) is 0 Å². The molecule has 1 atom stereocenters. The first-order valence-corrected chi connectivity index (χ1v) is 6.69. The Hall–Kier alpha value is -0.160. The first-order chi connectivity index (χ1) is 8.00. The molecule has 0 aromatic carbocycles. The van der Waals surface area contributed by atoms with Crippen molar-refractivity contribution in [3.8, 4) is 0 Å². The zero-order valence-corrected chi connectivity index (χ0v) is 11.9. The molecule has 0 aromatic heterocycles. The second-order valence-corrected chi connectivity index (χ2v) is 5.76. The fourth-order valence-electron chi connectivity index (χ4n) is 2.35. The standard InChI is InChI=1S/C13H29N3O/c1-13(11-17,14-2)7-10-16-8-5-12(6-9-16)15(3)4/h12,14,17H,5-11H2,1-4H3. The monoisotopic (exact) mass is 243 g/mol. The highest BCUT2D eigenvalue weighted by Crippen LogP contribution is 2.16. The van der Waals surface area contributed by atoms with Crippen LogP contribution in [0, 0.1) is 0 Å². The van der Waals surface area contributed by atoms with Crippen LogP contribution < -0.4 is 5.32 Å². The molecule has 1 aliphatic heterocycles. The summed E-state index contributed by atoms with van der Waals surface area (Å²) in [5.74, 6) is 0. The zero-order valence-electron chi connectivity index (χ0n) is 11.9. The van der Waals surface area contributed by atoms with Crippen molar-refractivity contribution in [1.82, 2.24) is 15.1 Å². The molecule has 0 aromatic rings. The van der Waals surface area contributed by atoms with Crippen LogP contribution in [0.4, 0.5) is 0 Å². The summed E-state index contributed by atoms with van der Waals surface area (Å²) in [6.07, 6.45) is 3.54. The second kappa shape index (κ2) is 6.69. The summed E-state index contributed by atoms with van der Waals surface area (Å²) in [6, 6.07) is 0.750. The molecule has 2 N–H and O–H groups in total. The van der Waals surface area contributed by atoms with Gasteiger partial charge in [0.2, 0.25) is 0 Å². The lowest BCUT2D eigenvalue weighted by Crippen LogP contribution is -2.48. The number of likely N-dealkylation sites (tertiary alicyclic amines) is 1. The highest BCUT2D eigenvalue weighted by Gasteiger charge is 2.24. The van der Waals surface area contributed by atoms with E-state index < -0.39 is 0 Å². The molecule has 4 heteroatoms. The van der Waals surface area contributed by atoms with Gasteiger partial charge in [0.05, 0.1) is 6.61 Å². The molecular weight excluding hydrogens is 214 g/mol. The van der Waals surface area contributed by atoms with Crippen molar-refractivity contribution in [2.24, 2.45) is 0 Å². The van der Waals surface area contributed by atoms with E-state index >= 15 is 0 Å². The van der Waals surface area contributed by atoms with Crippen molar-refractivity contribution in [2.45, 2.75) is 37.8 Å². The van der Waals surface area contributed by atoms with E-state index in [1.165, 1.54) is 25.9 Å². The van der Waals surface area contributed by atoms with Crippen LogP contribution in [0.2, 0.25) is 0 Å². The van der Waals surface area contributed by atoms with Crippen LogP contribution in [0.15, 0.2) is 0 Å². The van der Waals surface area contributed by atoms with Gasteiger partial charge in [-0.15, -0.1) is 0 Å². The molecule has 17 heavy (non-hydrogen) atoms. The van der Waals surface area contributed by atoms with Crippen molar-refractivity contribution >= 4 is 0 Å². The Morgan fingerprint density at radius 3 is 2.35 bits per heavy atom. The quantitative estimate of drug-likeness (QED) is 0.707. The minimum Gasteiger partial charge on any atom is -0.394 e. The summed E-state index contributed by atoms with van der Waals surface area (Å²) in [7, 11) is 6.27. The Bertz CT molecular complexity index is 209. The minimum absolute atomic E-state index is 0.127. The minimum atomic E-state index is -0.127. The Kier molecular flexibility index (Phi) is 5.86. The van der Waals surface area contributed by atoms with Gasteiger partial charge in [0.1, 0.15) is 0 Å². The number of aliphatic hydroxyl groups excluding tert-OH is 1. The third-order valence-electron chi connectivity index (χ3n) is 4.22. The molecule has 1 aliphatic rings. The number of nitrogens with one attached hydrogen (secondary N) is 1. The molecule has 0 saturated carbocycles. The Labute approximate surface area is 106 Å². The van der Waals surface area contributed by atoms with E-state index in [2.05, 4.69) is 36.1 Å². The van der Waals surface area contributed by atoms with Gasteiger partial charge in [-0.05, 0) is 67.0 Å². The van der Waals surface area contributed by atoms with Crippen LogP contribution in [0.1, 0.15) is 26.2 Å². The third kappa shape index (κ3) is 4.54. The normalized spacial score (nSPS) is 22.9. The summed E-state index contributed by atoms with van der Waals surface area (Å²) in [5.41, 5.74) is -0.127. The lowest BCUT2D eigenvalue weighted by Gasteiger charge is -2.37. The van der Waals surface area contributed by atoms with Gasteiger partial charge in [0, 0.05) is 11.6 Å². The van der Waals surface area contributed by atoms with Crippen LogP contribution in [-0.4, -0.2) is 73.9 Å². The Morgan fingerprint density at radius 1 is 1.35 bits per heavy atom. The van der Waals surface area contributed by atoms with Gasteiger partial charge < -0.3 is 20.2 Å². The number of piperidine rings is 1. The zero-order chi connectivity index (χ0) is 12.9. The molecule has 0 bridgehead atoms. The number of rotatable bonds is 6. The molecule has 0 radical (unpaired) electrons. The number of hydrogen-bond acceptors (Lipinski definition) is 4. The molecule has 1 saturated heterocycles. The summed E-state index contributed by atoms with van der Waals surface area (Å²) in [4.78, 5) is 4.86.